The van der Waals surface area contributed by atoms with Crippen LogP contribution >= 0.6 is 18.6 Å². The van der Waals surface area contributed by atoms with Crippen LogP contribution in [0.3, 0.4) is 0 Å². The molecule has 1 N–H and O–H groups in total. The predicted molar refractivity (Wildman–Crippen MR) is 107 cm³/mol. The molecule has 1 saturated carbocycles. The maximum absolute atomic E-state index is 13.3. The van der Waals surface area contributed by atoms with Gasteiger partial charge >= 0.3 is 175 Å². The third kappa shape index (κ3) is 4.85. The van der Waals surface area contributed by atoms with Gasteiger partial charge in [-0.3, -0.25) is 0 Å². The molecular formula is C18H34I2NO3S-. The number of rotatable bonds is 6. The number of hydrogen-bond acceptors (Lipinski definition) is 4. The van der Waals surface area contributed by atoms with Crippen molar-refractivity contribution >= 4 is 28.5 Å². The first kappa shape index (κ1) is 22.6. The van der Waals surface area contributed by atoms with E-state index in [-0.39, 0.29) is 33.8 Å². The van der Waals surface area contributed by atoms with Crippen molar-refractivity contribution in [1.29, 1.82) is 0 Å². The van der Waals surface area contributed by atoms with Gasteiger partial charge < -0.3 is 0 Å². The normalized spacial score (nSPS) is 37.8. The van der Waals surface area contributed by atoms with Crippen molar-refractivity contribution in [3.8, 4) is 0 Å². The topological polar surface area (TPSA) is 57.6 Å². The van der Waals surface area contributed by atoms with E-state index < -0.39 is 15.2 Å². The number of nitrogens with zero attached hydrogens (tertiary/aromatic N) is 1. The number of hydroxylamine groups is 2. The Balaban J connectivity index is 2.22. The van der Waals surface area contributed by atoms with E-state index in [9.17, 15) is 13.6 Å². The third-order valence-corrected chi connectivity index (χ3v) is 16.1. The average molecular weight is 598 g/mol. The van der Waals surface area contributed by atoms with Crippen LogP contribution in [0, 0.1) is 17.3 Å². The van der Waals surface area contributed by atoms with Crippen LogP contribution in [0.2, 0.25) is 0 Å². The molecule has 0 bridgehead atoms. The second kappa shape index (κ2) is 9.22. The van der Waals surface area contributed by atoms with Gasteiger partial charge in [-0.05, 0) is 0 Å². The molecule has 1 heterocycles. The summed E-state index contributed by atoms with van der Waals surface area (Å²) in [6.07, 6.45) is 6.93. The summed E-state index contributed by atoms with van der Waals surface area (Å²) in [4.78, 5) is 0. The zero-order valence-corrected chi connectivity index (χ0v) is 21.1. The fraction of sp³-hybridized carbons (Fsp3) is 1.00. The molecule has 0 aromatic carbocycles. The van der Waals surface area contributed by atoms with E-state index in [0.717, 1.165) is 34.7 Å². The van der Waals surface area contributed by atoms with Crippen LogP contribution in [0.25, 0.3) is 0 Å². The van der Waals surface area contributed by atoms with Gasteiger partial charge in [0, 0.05) is 0 Å². The molecule has 1 aliphatic carbocycles. The fourth-order valence-corrected chi connectivity index (χ4v) is 14.7. The van der Waals surface area contributed by atoms with Crippen molar-refractivity contribution in [3.05, 3.63) is 0 Å². The molecule has 150 valence electrons. The fourth-order valence-electron chi connectivity index (χ4n) is 4.89. The monoisotopic (exact) mass is 598 g/mol. The molecular weight excluding hydrogens is 564 g/mol. The number of sulfone groups is 1. The molecule has 0 radical (unpaired) electrons. The summed E-state index contributed by atoms with van der Waals surface area (Å²) >= 11 is 2.73. The van der Waals surface area contributed by atoms with Crippen molar-refractivity contribution in [2.75, 3.05) is 6.54 Å². The molecule has 0 amide bonds. The van der Waals surface area contributed by atoms with E-state index >= 15 is 0 Å². The number of halogens is 2. The maximum atomic E-state index is 13.3. The summed E-state index contributed by atoms with van der Waals surface area (Å²) in [5.74, 6) is 0.651. The van der Waals surface area contributed by atoms with Crippen molar-refractivity contribution in [3.63, 3.8) is 0 Å². The van der Waals surface area contributed by atoms with E-state index in [1.54, 1.807) is 0 Å². The molecule has 4 nitrogen and oxygen atoms in total. The Morgan fingerprint density at radius 3 is 2.60 bits per heavy atom. The second-order valence-corrected chi connectivity index (χ2v) is 16.0. The van der Waals surface area contributed by atoms with E-state index in [1.165, 1.54) is 12.8 Å². The standard InChI is InChI=1S/C18H34I2NO3S/c1-5-16(20-19)18(4)10-9-13(2)15(12-18)14(3)25(23,24)17-8-6-7-11-21(17)22/h13-17,22H,5-12H2,1-4H3/q-1. The molecule has 6 atom stereocenters. The van der Waals surface area contributed by atoms with E-state index in [1.807, 2.05) is 6.92 Å². The summed E-state index contributed by atoms with van der Waals surface area (Å²) in [6.45, 7) is 9.30. The van der Waals surface area contributed by atoms with Crippen molar-refractivity contribution < 1.29 is 30.9 Å². The van der Waals surface area contributed by atoms with Crippen molar-refractivity contribution in [2.24, 2.45) is 17.3 Å². The molecule has 2 rings (SSSR count). The summed E-state index contributed by atoms with van der Waals surface area (Å²) < 4.78 is 27.3. The van der Waals surface area contributed by atoms with Crippen LogP contribution in [-0.4, -0.2) is 39.8 Å². The zero-order valence-electron chi connectivity index (χ0n) is 15.9. The van der Waals surface area contributed by atoms with Gasteiger partial charge in [-0.25, -0.2) is 0 Å². The van der Waals surface area contributed by atoms with Crippen LogP contribution in [0.1, 0.15) is 72.6 Å². The molecule has 1 aliphatic heterocycles. The van der Waals surface area contributed by atoms with Gasteiger partial charge in [0.1, 0.15) is 0 Å². The summed E-state index contributed by atoms with van der Waals surface area (Å²) in [5, 5.41) is 10.2. The predicted octanol–water partition coefficient (Wildman–Crippen LogP) is 1.65. The number of piperidine rings is 1. The molecule has 25 heavy (non-hydrogen) atoms. The van der Waals surface area contributed by atoms with Gasteiger partial charge in [0.2, 0.25) is 0 Å². The molecule has 6 unspecified atom stereocenters. The molecule has 2 aliphatic rings. The van der Waals surface area contributed by atoms with Gasteiger partial charge in [-0.2, -0.15) is 0 Å². The Morgan fingerprint density at radius 2 is 2.04 bits per heavy atom. The molecule has 1 saturated heterocycles. The second-order valence-electron chi connectivity index (χ2n) is 8.40. The van der Waals surface area contributed by atoms with Crippen molar-refractivity contribution in [1.82, 2.24) is 5.06 Å². The van der Waals surface area contributed by atoms with Gasteiger partial charge in [-0.15, -0.1) is 0 Å². The molecule has 0 spiro atoms. The Morgan fingerprint density at radius 1 is 1.36 bits per heavy atom. The van der Waals surface area contributed by atoms with Crippen LogP contribution < -0.4 is 17.2 Å². The zero-order chi connectivity index (χ0) is 18.8. The Bertz CT molecular complexity index is 540. The first-order valence-corrected chi connectivity index (χ1v) is 18.7. The Labute approximate surface area is 174 Å². The summed E-state index contributed by atoms with van der Waals surface area (Å²) in [6, 6.07) is 0. The van der Waals surface area contributed by atoms with Gasteiger partial charge in [-0.1, -0.05) is 0 Å². The Hall–Kier alpha value is 1.33. The van der Waals surface area contributed by atoms with E-state index in [2.05, 4.69) is 39.4 Å². The average Bonchev–Trinajstić information content (AvgIpc) is 2.58. The van der Waals surface area contributed by atoms with Crippen LogP contribution in [-0.2, 0) is 9.84 Å². The first-order chi connectivity index (χ1) is 11.7. The Kier molecular flexibility index (Phi) is 8.34. The first-order valence-electron chi connectivity index (χ1n) is 9.60. The molecule has 0 aromatic heterocycles. The van der Waals surface area contributed by atoms with Crippen LogP contribution in [0.5, 0.6) is 0 Å². The molecule has 2 fully saturated rings. The van der Waals surface area contributed by atoms with E-state index in [4.69, 9.17) is 0 Å². The number of alkyl halides is 1. The molecule has 0 aromatic rings. The van der Waals surface area contributed by atoms with Crippen molar-refractivity contribution in [2.45, 2.75) is 87.2 Å². The third-order valence-electron chi connectivity index (χ3n) is 6.74. The minimum absolute atomic E-state index is 0.136. The van der Waals surface area contributed by atoms with Gasteiger partial charge in [0.05, 0.1) is 0 Å². The SMILES string of the molecule is CCC([I-]I)C1(C)CCC(C)C(C(C)S(=O)(=O)C2CCCCN2O)C1. The summed E-state index contributed by atoms with van der Waals surface area (Å²) in [7, 11) is -3.35. The van der Waals surface area contributed by atoms with Gasteiger partial charge in [0.25, 0.3) is 0 Å². The van der Waals surface area contributed by atoms with E-state index in [0.29, 0.717) is 18.9 Å². The summed E-state index contributed by atoms with van der Waals surface area (Å²) in [5.41, 5.74) is 0.287. The molecule has 7 heteroatoms. The number of hydrogen-bond donors (Lipinski definition) is 1. The van der Waals surface area contributed by atoms with Crippen LogP contribution in [0.15, 0.2) is 0 Å². The van der Waals surface area contributed by atoms with Gasteiger partial charge in [0.15, 0.2) is 0 Å². The van der Waals surface area contributed by atoms with Crippen LogP contribution in [0.4, 0.5) is 0 Å². The minimum atomic E-state index is -3.35. The quantitative estimate of drug-likeness (QED) is 0.374.